The molecule has 1 aliphatic rings. The van der Waals surface area contributed by atoms with Crippen molar-refractivity contribution in [2.24, 2.45) is 5.92 Å². The van der Waals surface area contributed by atoms with Crippen LogP contribution in [0.25, 0.3) is 0 Å². The number of nitrogens with zero attached hydrogens (tertiary/aromatic N) is 1. The van der Waals surface area contributed by atoms with Crippen molar-refractivity contribution in [1.82, 2.24) is 5.32 Å². The van der Waals surface area contributed by atoms with Gasteiger partial charge >= 0.3 is 0 Å². The van der Waals surface area contributed by atoms with E-state index in [1.807, 2.05) is 18.2 Å². The molecule has 19 heavy (non-hydrogen) atoms. The maximum atomic E-state index is 9.47. The van der Waals surface area contributed by atoms with Crippen LogP contribution in [0.5, 0.6) is 11.5 Å². The first-order valence-corrected chi connectivity index (χ1v) is 6.62. The van der Waals surface area contributed by atoms with Crippen molar-refractivity contribution < 1.29 is 9.47 Å². The minimum atomic E-state index is -0.0902. The monoisotopic (exact) mass is 260 g/mol. The molecule has 2 atom stereocenters. The standard InChI is InChI=1S/C15H20N2O2/c1-18-14-6-5-11(8-15(14)19-2)13(9-16)12-4-3-7-17-10-12/h5-6,8,12-13,17H,3-4,7,10H2,1-2H3. The van der Waals surface area contributed by atoms with Gasteiger partial charge in [-0.15, -0.1) is 0 Å². The average molecular weight is 260 g/mol. The third-order valence-corrected chi connectivity index (χ3v) is 3.71. The summed E-state index contributed by atoms with van der Waals surface area (Å²) in [7, 11) is 3.23. The smallest absolute Gasteiger partial charge is 0.161 e. The van der Waals surface area contributed by atoms with Crippen molar-refractivity contribution in [2.75, 3.05) is 27.3 Å². The summed E-state index contributed by atoms with van der Waals surface area (Å²) in [6.07, 6.45) is 2.23. The molecule has 1 N–H and O–H groups in total. The molecule has 4 heteroatoms. The lowest BCUT2D eigenvalue weighted by molar-refractivity contribution is 0.346. The molecular weight excluding hydrogens is 240 g/mol. The quantitative estimate of drug-likeness (QED) is 0.902. The molecule has 1 aromatic rings. The summed E-state index contributed by atoms with van der Waals surface area (Å²) in [5.41, 5.74) is 1.01. The Kier molecular flexibility index (Phi) is 4.64. The van der Waals surface area contributed by atoms with E-state index in [1.165, 1.54) is 0 Å². The molecule has 0 saturated carbocycles. The molecular formula is C15H20N2O2. The van der Waals surface area contributed by atoms with Crippen LogP contribution in [0.2, 0.25) is 0 Å². The molecule has 1 heterocycles. The molecule has 1 saturated heterocycles. The largest absolute Gasteiger partial charge is 0.493 e. The second-order valence-electron chi connectivity index (χ2n) is 4.83. The van der Waals surface area contributed by atoms with Gasteiger partial charge in [-0.2, -0.15) is 5.26 Å². The number of rotatable bonds is 4. The predicted octanol–water partition coefficient (Wildman–Crippen LogP) is 2.31. The highest BCUT2D eigenvalue weighted by Gasteiger charge is 2.25. The van der Waals surface area contributed by atoms with Gasteiger partial charge in [-0.25, -0.2) is 0 Å². The number of nitriles is 1. The van der Waals surface area contributed by atoms with E-state index in [-0.39, 0.29) is 5.92 Å². The number of benzene rings is 1. The highest BCUT2D eigenvalue weighted by Crippen LogP contribution is 2.34. The summed E-state index contributed by atoms with van der Waals surface area (Å²) in [4.78, 5) is 0. The second kappa shape index (κ2) is 6.44. The summed E-state index contributed by atoms with van der Waals surface area (Å²) >= 11 is 0. The van der Waals surface area contributed by atoms with E-state index < -0.39 is 0 Å². The summed E-state index contributed by atoms with van der Waals surface area (Å²) in [5.74, 6) is 1.66. The Balaban J connectivity index is 2.25. The number of hydrogen-bond donors (Lipinski definition) is 1. The Hall–Kier alpha value is -1.73. The number of piperidine rings is 1. The van der Waals surface area contributed by atoms with E-state index in [2.05, 4.69) is 11.4 Å². The predicted molar refractivity (Wildman–Crippen MR) is 73.5 cm³/mol. The van der Waals surface area contributed by atoms with E-state index in [9.17, 15) is 5.26 Å². The first-order valence-electron chi connectivity index (χ1n) is 6.62. The van der Waals surface area contributed by atoms with Crippen LogP contribution in [-0.4, -0.2) is 27.3 Å². The summed E-state index contributed by atoms with van der Waals surface area (Å²) in [6.45, 7) is 1.97. The highest BCUT2D eigenvalue weighted by atomic mass is 16.5. The molecule has 102 valence electrons. The van der Waals surface area contributed by atoms with Crippen LogP contribution in [0.1, 0.15) is 24.3 Å². The van der Waals surface area contributed by atoms with Crippen molar-refractivity contribution in [3.63, 3.8) is 0 Å². The van der Waals surface area contributed by atoms with Crippen molar-refractivity contribution in [3.05, 3.63) is 23.8 Å². The van der Waals surface area contributed by atoms with Crippen LogP contribution in [0.3, 0.4) is 0 Å². The molecule has 4 nitrogen and oxygen atoms in total. The summed E-state index contributed by atoms with van der Waals surface area (Å²) < 4.78 is 10.5. The molecule has 0 bridgehead atoms. The minimum absolute atomic E-state index is 0.0902. The van der Waals surface area contributed by atoms with Crippen LogP contribution >= 0.6 is 0 Å². The van der Waals surface area contributed by atoms with Gasteiger partial charge in [0.15, 0.2) is 11.5 Å². The Labute approximate surface area is 114 Å². The SMILES string of the molecule is COc1ccc(C(C#N)C2CCCNC2)cc1OC. The minimum Gasteiger partial charge on any atom is -0.493 e. The number of hydrogen-bond acceptors (Lipinski definition) is 4. The molecule has 2 rings (SSSR count). The van der Waals surface area contributed by atoms with E-state index in [4.69, 9.17) is 9.47 Å². The van der Waals surface area contributed by atoms with Gasteiger partial charge in [-0.3, -0.25) is 0 Å². The molecule has 0 aromatic heterocycles. The Morgan fingerprint density at radius 1 is 1.32 bits per heavy atom. The summed E-state index contributed by atoms with van der Waals surface area (Å²) in [5, 5.41) is 12.8. The van der Waals surface area contributed by atoms with Crippen LogP contribution < -0.4 is 14.8 Å². The highest BCUT2D eigenvalue weighted by molar-refractivity contribution is 5.45. The Bertz CT molecular complexity index is 462. The van der Waals surface area contributed by atoms with E-state index in [0.717, 1.165) is 31.5 Å². The lowest BCUT2D eigenvalue weighted by Crippen LogP contribution is -2.32. The lowest BCUT2D eigenvalue weighted by atomic mass is 9.82. The van der Waals surface area contributed by atoms with E-state index >= 15 is 0 Å². The topological polar surface area (TPSA) is 54.3 Å². The van der Waals surface area contributed by atoms with Crippen molar-refractivity contribution >= 4 is 0 Å². The van der Waals surface area contributed by atoms with Gasteiger partial charge in [-0.05, 0) is 49.5 Å². The normalized spacial score (nSPS) is 20.4. The number of nitrogens with one attached hydrogen (secondary N) is 1. The van der Waals surface area contributed by atoms with Crippen LogP contribution in [0.15, 0.2) is 18.2 Å². The molecule has 1 aromatic carbocycles. The molecule has 2 unspecified atom stereocenters. The fourth-order valence-corrected chi connectivity index (χ4v) is 2.66. The van der Waals surface area contributed by atoms with Gasteiger partial charge in [0.1, 0.15) is 0 Å². The first kappa shape index (κ1) is 13.7. The van der Waals surface area contributed by atoms with Crippen LogP contribution in [-0.2, 0) is 0 Å². The van der Waals surface area contributed by atoms with Gasteiger partial charge in [0.2, 0.25) is 0 Å². The van der Waals surface area contributed by atoms with Gasteiger partial charge < -0.3 is 14.8 Å². The zero-order valence-corrected chi connectivity index (χ0v) is 11.5. The number of methoxy groups -OCH3 is 2. The fourth-order valence-electron chi connectivity index (χ4n) is 2.66. The lowest BCUT2D eigenvalue weighted by Gasteiger charge is -2.27. The molecule has 1 fully saturated rings. The Morgan fingerprint density at radius 2 is 2.11 bits per heavy atom. The maximum Gasteiger partial charge on any atom is 0.161 e. The molecule has 0 aliphatic carbocycles. The third-order valence-electron chi connectivity index (χ3n) is 3.71. The second-order valence-corrected chi connectivity index (χ2v) is 4.83. The van der Waals surface area contributed by atoms with Gasteiger partial charge in [0, 0.05) is 0 Å². The molecule has 0 radical (unpaired) electrons. The molecule has 1 aliphatic heterocycles. The van der Waals surface area contributed by atoms with Gasteiger partial charge in [-0.1, -0.05) is 6.07 Å². The van der Waals surface area contributed by atoms with Gasteiger partial charge in [0.25, 0.3) is 0 Å². The Morgan fingerprint density at radius 3 is 2.68 bits per heavy atom. The zero-order chi connectivity index (χ0) is 13.7. The van der Waals surface area contributed by atoms with E-state index in [1.54, 1.807) is 14.2 Å². The first-order chi connectivity index (χ1) is 9.30. The average Bonchev–Trinajstić information content (AvgIpc) is 2.49. The zero-order valence-electron chi connectivity index (χ0n) is 11.5. The molecule has 0 amide bonds. The third kappa shape index (κ3) is 2.99. The van der Waals surface area contributed by atoms with Crippen molar-refractivity contribution in [3.8, 4) is 17.6 Å². The van der Waals surface area contributed by atoms with E-state index in [0.29, 0.717) is 17.4 Å². The van der Waals surface area contributed by atoms with Crippen LogP contribution in [0, 0.1) is 17.2 Å². The summed E-state index contributed by atoms with van der Waals surface area (Å²) in [6, 6.07) is 8.19. The van der Waals surface area contributed by atoms with Gasteiger partial charge in [0.05, 0.1) is 26.2 Å². The van der Waals surface area contributed by atoms with Crippen molar-refractivity contribution in [2.45, 2.75) is 18.8 Å². The molecule has 0 spiro atoms. The fraction of sp³-hybridized carbons (Fsp3) is 0.533. The maximum absolute atomic E-state index is 9.47. The van der Waals surface area contributed by atoms with Crippen molar-refractivity contribution in [1.29, 1.82) is 5.26 Å². The van der Waals surface area contributed by atoms with Crippen LogP contribution in [0.4, 0.5) is 0 Å². The number of ether oxygens (including phenoxy) is 2.